The van der Waals surface area contributed by atoms with E-state index in [1.807, 2.05) is 6.92 Å². The molecule has 0 radical (unpaired) electrons. The van der Waals surface area contributed by atoms with Crippen molar-refractivity contribution in [1.29, 1.82) is 0 Å². The lowest BCUT2D eigenvalue weighted by atomic mass is 9.96. The third-order valence-corrected chi connectivity index (χ3v) is 3.11. The van der Waals surface area contributed by atoms with Gasteiger partial charge in [-0.15, -0.1) is 0 Å². The van der Waals surface area contributed by atoms with E-state index < -0.39 is 5.97 Å². The average Bonchev–Trinajstić information content (AvgIpc) is 2.27. The number of hydrogen-bond donors (Lipinski definition) is 3. The highest BCUT2D eigenvalue weighted by Crippen LogP contribution is 2.17. The summed E-state index contributed by atoms with van der Waals surface area (Å²) in [6.45, 7) is 1.82. The van der Waals surface area contributed by atoms with E-state index in [0.717, 1.165) is 12.8 Å². The van der Waals surface area contributed by atoms with Crippen LogP contribution in [0.25, 0.3) is 0 Å². The van der Waals surface area contributed by atoms with Gasteiger partial charge in [-0.25, -0.2) is 4.79 Å². The van der Waals surface area contributed by atoms with Gasteiger partial charge in [-0.2, -0.15) is 0 Å². The molecule has 3 N–H and O–H groups in total. The van der Waals surface area contributed by atoms with Gasteiger partial charge in [0.1, 0.15) is 0 Å². The molecule has 1 unspecified atom stereocenters. The Morgan fingerprint density at radius 2 is 1.94 bits per heavy atom. The zero-order chi connectivity index (χ0) is 12.7. The second-order valence-electron chi connectivity index (χ2n) is 4.79. The summed E-state index contributed by atoms with van der Waals surface area (Å²) in [5.74, 6) is -0.827. The van der Waals surface area contributed by atoms with E-state index >= 15 is 0 Å². The Labute approximate surface area is 102 Å². The summed E-state index contributed by atoms with van der Waals surface area (Å²) in [7, 11) is 0. The minimum absolute atomic E-state index is 0.0882. The van der Waals surface area contributed by atoms with Crippen LogP contribution < -0.4 is 10.6 Å². The van der Waals surface area contributed by atoms with Gasteiger partial charge in [-0.05, 0) is 26.2 Å². The van der Waals surface area contributed by atoms with Gasteiger partial charge in [0.05, 0.1) is 0 Å². The maximum absolute atomic E-state index is 11.6. The molecular formula is C12H22N2O3. The molecule has 1 aliphatic carbocycles. The van der Waals surface area contributed by atoms with Crippen LogP contribution in [0.4, 0.5) is 4.79 Å². The monoisotopic (exact) mass is 242 g/mol. The summed E-state index contributed by atoms with van der Waals surface area (Å²) >= 11 is 0. The zero-order valence-electron chi connectivity index (χ0n) is 10.4. The summed E-state index contributed by atoms with van der Waals surface area (Å²) in [5, 5.41) is 14.2. The Hall–Kier alpha value is -1.26. The van der Waals surface area contributed by atoms with Gasteiger partial charge in [0.25, 0.3) is 0 Å². The number of carbonyl (C=O) groups excluding carboxylic acids is 1. The average molecular weight is 242 g/mol. The predicted octanol–water partition coefficient (Wildman–Crippen LogP) is 1.87. The number of amides is 2. The largest absolute Gasteiger partial charge is 0.481 e. The molecule has 0 aromatic carbocycles. The first-order valence-electron chi connectivity index (χ1n) is 6.36. The quantitative estimate of drug-likeness (QED) is 0.688. The Kier molecular flexibility index (Phi) is 5.80. The van der Waals surface area contributed by atoms with Crippen molar-refractivity contribution in [3.8, 4) is 0 Å². The zero-order valence-corrected chi connectivity index (χ0v) is 10.4. The summed E-state index contributed by atoms with van der Waals surface area (Å²) < 4.78 is 0. The van der Waals surface area contributed by atoms with Crippen molar-refractivity contribution >= 4 is 12.0 Å². The van der Waals surface area contributed by atoms with Crippen LogP contribution in [-0.2, 0) is 4.79 Å². The lowest BCUT2D eigenvalue weighted by molar-refractivity contribution is -0.137. The van der Waals surface area contributed by atoms with E-state index in [-0.39, 0.29) is 24.5 Å². The van der Waals surface area contributed by atoms with Crippen molar-refractivity contribution < 1.29 is 14.7 Å². The fraction of sp³-hybridized carbons (Fsp3) is 0.833. The van der Waals surface area contributed by atoms with Crippen LogP contribution in [0.3, 0.4) is 0 Å². The van der Waals surface area contributed by atoms with Crippen LogP contribution in [-0.4, -0.2) is 29.2 Å². The molecule has 0 spiro atoms. The molecule has 0 bridgehead atoms. The van der Waals surface area contributed by atoms with E-state index in [4.69, 9.17) is 5.11 Å². The molecule has 0 heterocycles. The molecule has 5 heteroatoms. The van der Waals surface area contributed by atoms with Crippen molar-refractivity contribution in [3.05, 3.63) is 0 Å². The second-order valence-corrected chi connectivity index (χ2v) is 4.79. The third kappa shape index (κ3) is 6.14. The fourth-order valence-corrected chi connectivity index (χ4v) is 2.11. The lowest BCUT2D eigenvalue weighted by Gasteiger charge is -2.24. The molecule has 0 saturated heterocycles. The molecule has 1 saturated carbocycles. The highest BCUT2D eigenvalue weighted by molar-refractivity contribution is 5.74. The molecule has 1 atom stereocenters. The van der Waals surface area contributed by atoms with E-state index in [9.17, 15) is 9.59 Å². The molecule has 0 aromatic rings. The Morgan fingerprint density at radius 1 is 1.29 bits per heavy atom. The molecule has 1 fully saturated rings. The topological polar surface area (TPSA) is 78.4 Å². The summed E-state index contributed by atoms with van der Waals surface area (Å²) in [5.41, 5.74) is 0. The first-order valence-corrected chi connectivity index (χ1v) is 6.36. The molecule has 0 aliphatic heterocycles. The van der Waals surface area contributed by atoms with Gasteiger partial charge in [0, 0.05) is 18.5 Å². The van der Waals surface area contributed by atoms with Crippen LogP contribution in [0.2, 0.25) is 0 Å². The molecule has 2 amide bonds. The van der Waals surface area contributed by atoms with Gasteiger partial charge in [0.2, 0.25) is 0 Å². The predicted molar refractivity (Wildman–Crippen MR) is 64.9 cm³/mol. The van der Waals surface area contributed by atoms with Crippen molar-refractivity contribution in [2.24, 2.45) is 0 Å². The third-order valence-electron chi connectivity index (χ3n) is 3.11. The highest BCUT2D eigenvalue weighted by Gasteiger charge is 2.16. The van der Waals surface area contributed by atoms with Gasteiger partial charge < -0.3 is 15.7 Å². The molecule has 98 valence electrons. The minimum atomic E-state index is -0.827. The molecule has 1 aliphatic rings. The summed E-state index contributed by atoms with van der Waals surface area (Å²) in [6.07, 6.45) is 6.28. The van der Waals surface area contributed by atoms with Crippen LogP contribution in [0.15, 0.2) is 0 Å². The Balaban J connectivity index is 2.16. The van der Waals surface area contributed by atoms with E-state index in [0.29, 0.717) is 6.42 Å². The van der Waals surface area contributed by atoms with E-state index in [2.05, 4.69) is 10.6 Å². The van der Waals surface area contributed by atoms with Gasteiger partial charge in [-0.3, -0.25) is 4.79 Å². The van der Waals surface area contributed by atoms with Crippen molar-refractivity contribution in [1.82, 2.24) is 10.6 Å². The minimum Gasteiger partial charge on any atom is -0.481 e. The van der Waals surface area contributed by atoms with Crippen LogP contribution in [0.1, 0.15) is 51.9 Å². The van der Waals surface area contributed by atoms with Crippen molar-refractivity contribution in [2.45, 2.75) is 64.0 Å². The molecular weight excluding hydrogens is 220 g/mol. The highest BCUT2D eigenvalue weighted by atomic mass is 16.4. The number of nitrogens with one attached hydrogen (secondary N) is 2. The Morgan fingerprint density at radius 3 is 2.53 bits per heavy atom. The van der Waals surface area contributed by atoms with Gasteiger partial charge in [-0.1, -0.05) is 19.3 Å². The summed E-state index contributed by atoms with van der Waals surface area (Å²) in [4.78, 5) is 22.0. The van der Waals surface area contributed by atoms with Crippen molar-refractivity contribution in [3.63, 3.8) is 0 Å². The number of carbonyl (C=O) groups is 2. The molecule has 0 aromatic heterocycles. The van der Waals surface area contributed by atoms with Crippen LogP contribution in [0.5, 0.6) is 0 Å². The van der Waals surface area contributed by atoms with E-state index in [1.54, 1.807) is 0 Å². The normalized spacial score (nSPS) is 18.4. The van der Waals surface area contributed by atoms with Crippen LogP contribution in [0, 0.1) is 0 Å². The fourth-order valence-electron chi connectivity index (χ4n) is 2.11. The number of rotatable bonds is 5. The number of carboxylic acid groups (broad SMARTS) is 1. The molecule has 1 rings (SSSR count). The maximum atomic E-state index is 11.6. The van der Waals surface area contributed by atoms with Gasteiger partial charge >= 0.3 is 12.0 Å². The Bertz CT molecular complexity index is 262. The van der Waals surface area contributed by atoms with Gasteiger partial charge in [0.15, 0.2) is 0 Å². The number of carboxylic acids is 1. The number of urea groups is 1. The second kappa shape index (κ2) is 7.14. The maximum Gasteiger partial charge on any atom is 0.315 e. The first kappa shape index (κ1) is 13.8. The molecule has 5 nitrogen and oxygen atoms in total. The van der Waals surface area contributed by atoms with E-state index in [1.165, 1.54) is 19.3 Å². The standard InChI is InChI=1S/C12H22N2O3/c1-9(7-8-11(15)16)13-12(17)14-10-5-3-2-4-6-10/h9-10H,2-8H2,1H3,(H,15,16)(H2,13,14,17). The lowest BCUT2D eigenvalue weighted by Crippen LogP contribution is -2.46. The number of hydrogen-bond acceptors (Lipinski definition) is 2. The SMILES string of the molecule is CC(CCC(=O)O)NC(=O)NC1CCCCC1. The van der Waals surface area contributed by atoms with Crippen LogP contribution >= 0.6 is 0 Å². The van der Waals surface area contributed by atoms with Crippen molar-refractivity contribution in [2.75, 3.05) is 0 Å². The first-order chi connectivity index (χ1) is 8.08. The molecule has 17 heavy (non-hydrogen) atoms. The summed E-state index contributed by atoms with van der Waals surface area (Å²) in [6, 6.07) is 0.0138. The number of aliphatic carboxylic acids is 1. The smallest absolute Gasteiger partial charge is 0.315 e.